The normalized spacial score (nSPS) is 25.3. The highest BCUT2D eigenvalue weighted by Crippen LogP contribution is 2.25. The molecule has 0 aliphatic heterocycles. The molecule has 0 spiro atoms. The zero-order valence-corrected chi connectivity index (χ0v) is 8.93. The highest BCUT2D eigenvalue weighted by atomic mass is 16.5. The molecule has 2 atom stereocenters. The van der Waals surface area contributed by atoms with E-state index in [0.29, 0.717) is 12.8 Å². The monoisotopic (exact) mass is 211 g/mol. The van der Waals surface area contributed by atoms with Gasteiger partial charge < -0.3 is 14.6 Å². The Kier molecular flexibility index (Phi) is 3.88. The van der Waals surface area contributed by atoms with Gasteiger partial charge in [0.2, 0.25) is 0 Å². The number of esters is 1. The van der Waals surface area contributed by atoms with Crippen LogP contribution in [0.15, 0.2) is 12.2 Å². The number of carboxylic acid groups (broad SMARTS) is 1. The fourth-order valence-electron chi connectivity index (χ4n) is 1.65. The van der Waals surface area contributed by atoms with Gasteiger partial charge in [0, 0.05) is 11.9 Å². The standard InChI is InChI=1S/C11H16O4/c1-7(2)15-11(14)9-6-4-3-5-8(9)10(12)13/h4,6-9H,3,5H2,1-2H3,(H,12,13)/p-1. The van der Waals surface area contributed by atoms with Crippen molar-refractivity contribution >= 4 is 11.9 Å². The van der Waals surface area contributed by atoms with Gasteiger partial charge >= 0.3 is 5.97 Å². The van der Waals surface area contributed by atoms with Crippen molar-refractivity contribution in [1.29, 1.82) is 0 Å². The zero-order chi connectivity index (χ0) is 11.4. The molecule has 0 saturated heterocycles. The molecule has 0 aromatic rings. The number of hydrogen-bond donors (Lipinski definition) is 0. The van der Waals surface area contributed by atoms with Crippen molar-refractivity contribution in [3.63, 3.8) is 0 Å². The van der Waals surface area contributed by atoms with Crippen molar-refractivity contribution in [2.45, 2.75) is 32.8 Å². The van der Waals surface area contributed by atoms with Gasteiger partial charge in [0.15, 0.2) is 0 Å². The van der Waals surface area contributed by atoms with E-state index in [1.807, 2.05) is 6.08 Å². The first-order chi connectivity index (χ1) is 7.02. The average molecular weight is 211 g/mol. The van der Waals surface area contributed by atoms with E-state index in [9.17, 15) is 14.7 Å². The largest absolute Gasteiger partial charge is 0.550 e. The van der Waals surface area contributed by atoms with Gasteiger partial charge in [-0.2, -0.15) is 0 Å². The van der Waals surface area contributed by atoms with Crippen LogP contribution in [0.3, 0.4) is 0 Å². The lowest BCUT2D eigenvalue weighted by Crippen LogP contribution is -2.40. The van der Waals surface area contributed by atoms with Crippen molar-refractivity contribution in [3.05, 3.63) is 12.2 Å². The number of ether oxygens (including phenoxy) is 1. The Morgan fingerprint density at radius 1 is 1.47 bits per heavy atom. The van der Waals surface area contributed by atoms with Gasteiger partial charge in [-0.25, -0.2) is 0 Å². The SMILES string of the molecule is CC(C)OC(=O)C1C=CCCC1C(=O)[O-]. The van der Waals surface area contributed by atoms with Crippen molar-refractivity contribution in [2.24, 2.45) is 11.8 Å². The van der Waals surface area contributed by atoms with Gasteiger partial charge in [0.05, 0.1) is 12.0 Å². The Bertz CT molecular complexity index is 280. The maximum absolute atomic E-state index is 11.6. The number of carboxylic acids is 1. The summed E-state index contributed by atoms with van der Waals surface area (Å²) in [5.41, 5.74) is 0. The molecule has 0 radical (unpaired) electrons. The molecule has 84 valence electrons. The molecule has 2 unspecified atom stereocenters. The molecular weight excluding hydrogens is 196 g/mol. The Balaban J connectivity index is 2.71. The van der Waals surface area contributed by atoms with Gasteiger partial charge in [0.25, 0.3) is 0 Å². The predicted molar refractivity (Wildman–Crippen MR) is 51.6 cm³/mol. The lowest BCUT2D eigenvalue weighted by molar-refractivity contribution is -0.313. The fourth-order valence-corrected chi connectivity index (χ4v) is 1.65. The molecule has 0 aromatic heterocycles. The Labute approximate surface area is 88.9 Å². The number of rotatable bonds is 3. The van der Waals surface area contributed by atoms with E-state index in [-0.39, 0.29) is 6.10 Å². The molecule has 1 aliphatic carbocycles. The summed E-state index contributed by atoms with van der Waals surface area (Å²) >= 11 is 0. The average Bonchev–Trinajstić information content (AvgIpc) is 2.16. The van der Waals surface area contributed by atoms with Crippen LogP contribution < -0.4 is 5.11 Å². The van der Waals surface area contributed by atoms with E-state index in [2.05, 4.69) is 0 Å². The second-order valence-electron chi connectivity index (χ2n) is 3.94. The molecule has 0 bridgehead atoms. The quantitative estimate of drug-likeness (QED) is 0.496. The Morgan fingerprint density at radius 3 is 2.67 bits per heavy atom. The van der Waals surface area contributed by atoms with Crippen LogP contribution in [0.25, 0.3) is 0 Å². The summed E-state index contributed by atoms with van der Waals surface area (Å²) in [6.07, 6.45) is 4.30. The zero-order valence-electron chi connectivity index (χ0n) is 8.93. The smallest absolute Gasteiger partial charge is 0.313 e. The summed E-state index contributed by atoms with van der Waals surface area (Å²) in [6.45, 7) is 3.47. The number of carbonyl (C=O) groups is 2. The van der Waals surface area contributed by atoms with E-state index in [4.69, 9.17) is 4.74 Å². The number of hydrogen-bond acceptors (Lipinski definition) is 4. The highest BCUT2D eigenvalue weighted by Gasteiger charge is 2.30. The topological polar surface area (TPSA) is 66.4 Å². The summed E-state index contributed by atoms with van der Waals surface area (Å²) < 4.78 is 4.99. The van der Waals surface area contributed by atoms with Crippen LogP contribution in [0.4, 0.5) is 0 Å². The second-order valence-corrected chi connectivity index (χ2v) is 3.94. The van der Waals surface area contributed by atoms with Crippen molar-refractivity contribution < 1.29 is 19.4 Å². The van der Waals surface area contributed by atoms with Gasteiger partial charge in [-0.15, -0.1) is 0 Å². The van der Waals surface area contributed by atoms with Crippen molar-refractivity contribution in [2.75, 3.05) is 0 Å². The van der Waals surface area contributed by atoms with E-state index in [0.717, 1.165) is 0 Å². The molecule has 4 nitrogen and oxygen atoms in total. The molecule has 1 rings (SSSR count). The molecule has 0 N–H and O–H groups in total. The molecule has 0 amide bonds. The summed E-state index contributed by atoms with van der Waals surface area (Å²) in [6, 6.07) is 0. The lowest BCUT2D eigenvalue weighted by Gasteiger charge is -2.27. The van der Waals surface area contributed by atoms with Crippen LogP contribution in [-0.4, -0.2) is 18.0 Å². The summed E-state index contributed by atoms with van der Waals surface area (Å²) in [5.74, 6) is -3.09. The van der Waals surface area contributed by atoms with Gasteiger partial charge in [-0.05, 0) is 26.7 Å². The molecule has 15 heavy (non-hydrogen) atoms. The van der Waals surface area contributed by atoms with E-state index in [1.165, 1.54) is 0 Å². The first-order valence-corrected chi connectivity index (χ1v) is 5.10. The fraction of sp³-hybridized carbons (Fsp3) is 0.636. The molecule has 0 fully saturated rings. The molecule has 0 aromatic carbocycles. The number of allylic oxidation sites excluding steroid dienone is 1. The van der Waals surface area contributed by atoms with Crippen LogP contribution in [0, 0.1) is 11.8 Å². The molecule has 0 saturated carbocycles. The van der Waals surface area contributed by atoms with Gasteiger partial charge in [-0.1, -0.05) is 12.2 Å². The predicted octanol–water partition coefficient (Wildman–Crippen LogP) is 0.270. The maximum Gasteiger partial charge on any atom is 0.313 e. The van der Waals surface area contributed by atoms with Crippen molar-refractivity contribution in [3.8, 4) is 0 Å². The third kappa shape index (κ3) is 3.08. The maximum atomic E-state index is 11.6. The van der Waals surface area contributed by atoms with Crippen LogP contribution in [0.1, 0.15) is 26.7 Å². The first-order valence-electron chi connectivity index (χ1n) is 5.10. The van der Waals surface area contributed by atoms with Gasteiger partial charge in [-0.3, -0.25) is 4.79 Å². The van der Waals surface area contributed by atoms with E-state index in [1.54, 1.807) is 19.9 Å². The summed E-state index contributed by atoms with van der Waals surface area (Å²) in [5, 5.41) is 10.8. The molecule has 0 heterocycles. The minimum absolute atomic E-state index is 0.227. The second kappa shape index (κ2) is 4.96. The first kappa shape index (κ1) is 11.8. The number of carbonyl (C=O) groups excluding carboxylic acids is 2. The Hall–Kier alpha value is -1.32. The third-order valence-electron chi connectivity index (χ3n) is 2.35. The summed E-state index contributed by atoms with van der Waals surface area (Å²) in [7, 11) is 0. The van der Waals surface area contributed by atoms with E-state index >= 15 is 0 Å². The number of aliphatic carboxylic acids is 1. The van der Waals surface area contributed by atoms with Crippen LogP contribution in [-0.2, 0) is 14.3 Å². The minimum atomic E-state index is -1.18. The van der Waals surface area contributed by atoms with Gasteiger partial charge in [0.1, 0.15) is 0 Å². The highest BCUT2D eigenvalue weighted by molar-refractivity contribution is 5.82. The molecule has 4 heteroatoms. The van der Waals surface area contributed by atoms with E-state index < -0.39 is 23.8 Å². The molecular formula is C11H15O4-. The van der Waals surface area contributed by atoms with Crippen LogP contribution in [0.5, 0.6) is 0 Å². The van der Waals surface area contributed by atoms with Crippen LogP contribution in [0.2, 0.25) is 0 Å². The summed E-state index contributed by atoms with van der Waals surface area (Å²) in [4.78, 5) is 22.4. The van der Waals surface area contributed by atoms with Crippen molar-refractivity contribution in [1.82, 2.24) is 0 Å². The molecule has 1 aliphatic rings. The lowest BCUT2D eigenvalue weighted by atomic mass is 9.84. The minimum Gasteiger partial charge on any atom is -0.550 e. The third-order valence-corrected chi connectivity index (χ3v) is 2.35. The Morgan fingerprint density at radius 2 is 2.13 bits per heavy atom. The van der Waals surface area contributed by atoms with Crippen LogP contribution >= 0.6 is 0 Å².